The van der Waals surface area contributed by atoms with Crippen molar-refractivity contribution in [1.29, 1.82) is 0 Å². The maximum absolute atomic E-state index is 12.0. The molecule has 0 aromatic carbocycles. The third kappa shape index (κ3) is 9.24. The fourth-order valence-corrected chi connectivity index (χ4v) is 7.22. The molecule has 3 fully saturated rings. The predicted octanol–water partition coefficient (Wildman–Crippen LogP) is 2.03. The number of nitrogens with one attached hydrogen (secondary N) is 4. The fourth-order valence-electron chi connectivity index (χ4n) is 5.68. The van der Waals surface area contributed by atoms with Crippen molar-refractivity contribution < 1.29 is 28.6 Å². The number of fused-ring (bicyclic) bond motifs is 2. The second kappa shape index (κ2) is 15.4. The molecule has 1 saturated carbocycles. The zero-order valence-electron chi connectivity index (χ0n) is 22.1. The Kier molecular flexibility index (Phi) is 11.7. The average Bonchev–Trinajstić information content (AvgIpc) is 3.16. The molecule has 2 heterocycles. The zero-order chi connectivity index (χ0) is 26.6. The number of urea groups is 1. The van der Waals surface area contributed by atoms with E-state index < -0.39 is 0 Å². The molecule has 2 saturated heterocycles. The van der Waals surface area contributed by atoms with E-state index in [1.807, 2.05) is 11.8 Å². The third-order valence-corrected chi connectivity index (χ3v) is 9.29. The number of carbonyl (C=O) groups excluding carboxylic acids is 3. The first-order chi connectivity index (χ1) is 18.6. The van der Waals surface area contributed by atoms with Crippen LogP contribution in [0.2, 0.25) is 0 Å². The summed E-state index contributed by atoms with van der Waals surface area (Å²) >= 11 is 1.90. The van der Waals surface area contributed by atoms with Gasteiger partial charge in [0.25, 0.3) is 0 Å². The molecule has 4 aliphatic rings. The van der Waals surface area contributed by atoms with Crippen molar-refractivity contribution in [2.75, 3.05) is 51.9 Å². The van der Waals surface area contributed by atoms with Crippen molar-refractivity contribution in [1.82, 2.24) is 21.3 Å². The Bertz CT molecular complexity index is 846. The molecule has 2 aliphatic carbocycles. The van der Waals surface area contributed by atoms with E-state index >= 15 is 0 Å². The number of amides is 4. The van der Waals surface area contributed by atoms with Crippen LogP contribution in [0.25, 0.3) is 0 Å². The molecule has 6 atom stereocenters. The molecule has 0 radical (unpaired) electrons. The van der Waals surface area contributed by atoms with E-state index in [-0.39, 0.29) is 30.1 Å². The van der Waals surface area contributed by atoms with Crippen LogP contribution in [-0.2, 0) is 19.0 Å². The fraction of sp³-hybridized carbons (Fsp3) is 0.815. The lowest BCUT2D eigenvalue weighted by Gasteiger charge is -2.16. The van der Waals surface area contributed by atoms with Gasteiger partial charge in [0.1, 0.15) is 0 Å². The summed E-state index contributed by atoms with van der Waals surface area (Å²) in [4.78, 5) is 35.3. The standard InChI is InChI=1S/C27H42N4O6S/c32-24(10-6-5-9-23-25-22(18-38-23)30-26(33)31-25)28-11-13-35-15-16-36-14-12-29-27(34)37-17-21-19-7-3-1-2-4-8-20(19)21/h19-23,25H,3-18H2,(H,28,32)(H,29,34)(H2,30,31,33)/t19-,20+,21?,22-,23+,25+/m0/s1. The van der Waals surface area contributed by atoms with Gasteiger partial charge in [-0.2, -0.15) is 11.8 Å². The Labute approximate surface area is 229 Å². The van der Waals surface area contributed by atoms with Gasteiger partial charge < -0.3 is 35.5 Å². The van der Waals surface area contributed by atoms with Crippen molar-refractivity contribution in [3.8, 4) is 11.8 Å². The Balaban J connectivity index is 0.881. The summed E-state index contributed by atoms with van der Waals surface area (Å²) in [5.74, 6) is 9.22. The third-order valence-electron chi connectivity index (χ3n) is 7.78. The summed E-state index contributed by atoms with van der Waals surface area (Å²) < 4.78 is 16.3. The Hall–Kier alpha value is -2.16. The van der Waals surface area contributed by atoms with Crippen LogP contribution in [0.5, 0.6) is 0 Å². The van der Waals surface area contributed by atoms with Gasteiger partial charge in [0.2, 0.25) is 5.91 Å². The van der Waals surface area contributed by atoms with Crippen LogP contribution >= 0.6 is 11.8 Å². The second-order valence-electron chi connectivity index (χ2n) is 10.4. The highest BCUT2D eigenvalue weighted by Gasteiger charge is 2.49. The highest BCUT2D eigenvalue weighted by molar-refractivity contribution is 8.00. The minimum absolute atomic E-state index is 0.0380. The molecule has 38 heavy (non-hydrogen) atoms. The first-order valence-corrected chi connectivity index (χ1v) is 15.1. The molecular weight excluding hydrogens is 508 g/mol. The van der Waals surface area contributed by atoms with Gasteiger partial charge in [-0.05, 0) is 43.4 Å². The number of ether oxygens (including phenoxy) is 3. The molecule has 0 bridgehead atoms. The van der Waals surface area contributed by atoms with Gasteiger partial charge in [0, 0.05) is 43.4 Å². The predicted molar refractivity (Wildman–Crippen MR) is 145 cm³/mol. The highest BCUT2D eigenvalue weighted by atomic mass is 32.2. The topological polar surface area (TPSA) is 127 Å². The first kappa shape index (κ1) is 28.8. The molecule has 0 aromatic heterocycles. The van der Waals surface area contributed by atoms with Gasteiger partial charge in [-0.15, -0.1) is 11.8 Å². The van der Waals surface area contributed by atoms with E-state index in [0.29, 0.717) is 75.5 Å². The molecule has 10 nitrogen and oxygen atoms in total. The van der Waals surface area contributed by atoms with Gasteiger partial charge in [0.05, 0.1) is 45.1 Å². The molecule has 2 aliphatic heterocycles. The number of unbranched alkanes of at least 4 members (excludes halogenated alkanes) is 1. The molecule has 4 N–H and O–H groups in total. The van der Waals surface area contributed by atoms with Crippen LogP contribution in [0.1, 0.15) is 51.4 Å². The van der Waals surface area contributed by atoms with Gasteiger partial charge in [-0.25, -0.2) is 9.59 Å². The second-order valence-corrected chi connectivity index (χ2v) is 11.7. The van der Waals surface area contributed by atoms with Crippen molar-refractivity contribution in [3.63, 3.8) is 0 Å². The minimum Gasteiger partial charge on any atom is -0.449 e. The van der Waals surface area contributed by atoms with Crippen LogP contribution in [0.3, 0.4) is 0 Å². The lowest BCUT2D eigenvalue weighted by atomic mass is 10.0. The Morgan fingerprint density at radius 1 is 0.947 bits per heavy atom. The first-order valence-electron chi connectivity index (χ1n) is 14.1. The molecule has 4 rings (SSSR count). The summed E-state index contributed by atoms with van der Waals surface area (Å²) in [6.07, 6.45) is 7.12. The quantitative estimate of drug-likeness (QED) is 0.132. The molecule has 11 heteroatoms. The smallest absolute Gasteiger partial charge is 0.407 e. The Morgan fingerprint density at radius 3 is 2.39 bits per heavy atom. The van der Waals surface area contributed by atoms with E-state index in [9.17, 15) is 14.4 Å². The van der Waals surface area contributed by atoms with E-state index in [1.54, 1.807) is 0 Å². The minimum atomic E-state index is -0.387. The van der Waals surface area contributed by atoms with Gasteiger partial charge in [-0.1, -0.05) is 6.42 Å². The number of hydrogen-bond donors (Lipinski definition) is 4. The molecule has 1 unspecified atom stereocenters. The van der Waals surface area contributed by atoms with Gasteiger partial charge >= 0.3 is 12.1 Å². The monoisotopic (exact) mass is 550 g/mol. The lowest BCUT2D eigenvalue weighted by molar-refractivity contribution is -0.121. The number of carbonyl (C=O) groups is 3. The molecule has 0 spiro atoms. The van der Waals surface area contributed by atoms with Crippen molar-refractivity contribution in [2.45, 2.75) is 68.7 Å². The number of rotatable bonds is 16. The van der Waals surface area contributed by atoms with Gasteiger partial charge in [-0.3, -0.25) is 4.79 Å². The SMILES string of the molecule is O=C(CCCC[C@H]1SC[C@@H]2NC(=O)N[C@H]21)NCCOCCOCCNC(=O)OCC1[C@H]2CCC#CCC[C@@H]12. The number of alkyl carbamates (subject to hydrolysis) is 1. The van der Waals surface area contributed by atoms with E-state index in [2.05, 4.69) is 33.1 Å². The highest BCUT2D eigenvalue weighted by Crippen LogP contribution is 2.52. The largest absolute Gasteiger partial charge is 0.449 e. The summed E-state index contributed by atoms with van der Waals surface area (Å²) in [5, 5.41) is 12.0. The lowest BCUT2D eigenvalue weighted by Crippen LogP contribution is -2.36. The Morgan fingerprint density at radius 2 is 1.66 bits per heavy atom. The maximum atomic E-state index is 12.0. The van der Waals surface area contributed by atoms with Crippen LogP contribution in [0.4, 0.5) is 9.59 Å². The summed E-state index contributed by atoms with van der Waals surface area (Å²) in [5.41, 5.74) is 0. The molecule has 4 amide bonds. The number of thioether (sulfide) groups is 1. The van der Waals surface area contributed by atoms with E-state index in [4.69, 9.17) is 14.2 Å². The summed E-state index contributed by atoms with van der Waals surface area (Å²) in [6.45, 7) is 3.05. The summed E-state index contributed by atoms with van der Waals surface area (Å²) in [6, 6.07) is 0.414. The molecule has 0 aromatic rings. The van der Waals surface area contributed by atoms with Crippen LogP contribution in [-0.4, -0.2) is 87.2 Å². The van der Waals surface area contributed by atoms with E-state index in [0.717, 1.165) is 50.7 Å². The van der Waals surface area contributed by atoms with Crippen molar-refractivity contribution in [3.05, 3.63) is 0 Å². The van der Waals surface area contributed by atoms with Crippen LogP contribution < -0.4 is 21.3 Å². The van der Waals surface area contributed by atoms with Crippen molar-refractivity contribution >= 4 is 29.8 Å². The molecular formula is C27H42N4O6S. The van der Waals surface area contributed by atoms with Crippen LogP contribution in [0.15, 0.2) is 0 Å². The zero-order valence-corrected chi connectivity index (χ0v) is 23.0. The maximum Gasteiger partial charge on any atom is 0.407 e. The van der Waals surface area contributed by atoms with Crippen molar-refractivity contribution in [2.24, 2.45) is 17.8 Å². The van der Waals surface area contributed by atoms with E-state index in [1.165, 1.54) is 0 Å². The average molecular weight is 551 g/mol. The van der Waals surface area contributed by atoms with Crippen LogP contribution in [0, 0.1) is 29.6 Å². The number of hydrogen-bond acceptors (Lipinski definition) is 7. The summed E-state index contributed by atoms with van der Waals surface area (Å²) in [7, 11) is 0. The molecule has 212 valence electrons. The normalized spacial score (nSPS) is 28.9. The van der Waals surface area contributed by atoms with Gasteiger partial charge in [0.15, 0.2) is 0 Å².